The highest BCUT2D eigenvalue weighted by molar-refractivity contribution is 7.92. The second kappa shape index (κ2) is 9.89. The zero-order chi connectivity index (χ0) is 24.3. The molecule has 0 atom stereocenters. The highest BCUT2D eigenvalue weighted by Gasteiger charge is 2.24. The van der Waals surface area contributed by atoms with E-state index in [2.05, 4.69) is 17.0 Å². The van der Waals surface area contributed by atoms with Crippen molar-refractivity contribution in [2.75, 3.05) is 41.6 Å². The Morgan fingerprint density at radius 1 is 0.824 bits per heavy atom. The first-order valence-electron chi connectivity index (χ1n) is 11.5. The fourth-order valence-electron chi connectivity index (χ4n) is 4.47. The van der Waals surface area contributed by atoms with Gasteiger partial charge < -0.3 is 9.80 Å². The van der Waals surface area contributed by atoms with Crippen LogP contribution in [0.4, 0.5) is 11.4 Å². The molecule has 0 aromatic heterocycles. The van der Waals surface area contributed by atoms with Crippen LogP contribution in [-0.4, -0.2) is 51.7 Å². The number of amides is 1. The lowest BCUT2D eigenvalue weighted by Gasteiger charge is -2.36. The molecule has 0 saturated carbocycles. The van der Waals surface area contributed by atoms with Gasteiger partial charge in [-0.15, -0.1) is 0 Å². The molecule has 4 rings (SSSR count). The Morgan fingerprint density at radius 2 is 1.41 bits per heavy atom. The average Bonchev–Trinajstić information content (AvgIpc) is 2.83. The first kappa shape index (κ1) is 23.8. The van der Waals surface area contributed by atoms with Crippen molar-refractivity contribution in [2.45, 2.75) is 20.4 Å². The topological polar surface area (TPSA) is 60.9 Å². The Kier molecular flexibility index (Phi) is 6.93. The Morgan fingerprint density at radius 3 is 1.97 bits per heavy atom. The van der Waals surface area contributed by atoms with Crippen molar-refractivity contribution >= 4 is 27.3 Å². The number of hydrogen-bond donors (Lipinski definition) is 0. The van der Waals surface area contributed by atoms with Crippen LogP contribution in [0.5, 0.6) is 0 Å². The summed E-state index contributed by atoms with van der Waals surface area (Å²) in [5, 5.41) is 0. The summed E-state index contributed by atoms with van der Waals surface area (Å²) in [5.74, 6) is 0.00831. The fraction of sp³-hybridized carbons (Fsp3) is 0.296. The number of benzene rings is 3. The normalized spacial score (nSPS) is 14.2. The number of carbonyl (C=O) groups excluding carboxylic acids is 1. The number of piperazine rings is 1. The standard InChI is InChI=1S/C27H31N3O3S/c1-21-8-7-9-22(2)26(21)30(34(3,32)33)20-23-12-14-24(15-13-23)27(31)29-18-16-28(17-19-29)25-10-5-4-6-11-25/h4-15H,16-20H2,1-3H3. The molecule has 1 aliphatic heterocycles. The number of anilines is 2. The molecule has 3 aromatic rings. The molecule has 0 unspecified atom stereocenters. The first-order valence-corrected chi connectivity index (χ1v) is 13.3. The van der Waals surface area contributed by atoms with E-state index in [1.807, 2.05) is 67.3 Å². The van der Waals surface area contributed by atoms with E-state index >= 15 is 0 Å². The third kappa shape index (κ3) is 5.25. The number of rotatable bonds is 6. The minimum absolute atomic E-state index is 0.00831. The zero-order valence-corrected chi connectivity index (χ0v) is 20.8. The molecule has 0 N–H and O–H groups in total. The third-order valence-corrected chi connectivity index (χ3v) is 7.42. The first-order chi connectivity index (χ1) is 16.2. The molecule has 0 spiro atoms. The average molecular weight is 478 g/mol. The van der Waals surface area contributed by atoms with Gasteiger partial charge in [0, 0.05) is 37.4 Å². The lowest BCUT2D eigenvalue weighted by Crippen LogP contribution is -2.48. The molecule has 0 bridgehead atoms. The predicted octanol–water partition coefficient (Wildman–Crippen LogP) is 4.23. The Bertz CT molecular complexity index is 1230. The smallest absolute Gasteiger partial charge is 0.253 e. The molecule has 6 nitrogen and oxygen atoms in total. The van der Waals surface area contributed by atoms with E-state index in [-0.39, 0.29) is 12.5 Å². The van der Waals surface area contributed by atoms with Crippen molar-refractivity contribution in [3.63, 3.8) is 0 Å². The lowest BCUT2D eigenvalue weighted by atomic mass is 10.1. The second-order valence-corrected chi connectivity index (χ2v) is 10.7. The Balaban J connectivity index is 1.45. The second-order valence-electron chi connectivity index (χ2n) is 8.82. The largest absolute Gasteiger partial charge is 0.368 e. The van der Waals surface area contributed by atoms with E-state index < -0.39 is 10.0 Å². The van der Waals surface area contributed by atoms with E-state index in [0.29, 0.717) is 24.3 Å². The summed E-state index contributed by atoms with van der Waals surface area (Å²) in [4.78, 5) is 17.2. The van der Waals surface area contributed by atoms with E-state index in [1.165, 1.54) is 16.2 Å². The molecule has 178 valence electrons. The fourth-order valence-corrected chi connectivity index (χ4v) is 5.47. The summed E-state index contributed by atoms with van der Waals surface area (Å²) in [6, 6.07) is 23.3. The summed E-state index contributed by atoms with van der Waals surface area (Å²) in [5.41, 5.74) is 5.16. The van der Waals surface area contributed by atoms with Gasteiger partial charge >= 0.3 is 0 Å². The van der Waals surface area contributed by atoms with Crippen molar-refractivity contribution < 1.29 is 13.2 Å². The van der Waals surface area contributed by atoms with E-state index in [0.717, 1.165) is 29.8 Å². The molecule has 1 saturated heterocycles. The van der Waals surface area contributed by atoms with Crippen LogP contribution in [0.1, 0.15) is 27.0 Å². The Labute approximate surface area is 202 Å². The molecular weight excluding hydrogens is 446 g/mol. The SMILES string of the molecule is Cc1cccc(C)c1N(Cc1ccc(C(=O)N2CCN(c3ccccc3)CC2)cc1)S(C)(=O)=O. The van der Waals surface area contributed by atoms with Crippen LogP contribution in [0, 0.1) is 13.8 Å². The van der Waals surface area contributed by atoms with E-state index in [4.69, 9.17) is 0 Å². The van der Waals surface area contributed by atoms with Gasteiger partial charge in [-0.25, -0.2) is 8.42 Å². The van der Waals surface area contributed by atoms with Gasteiger partial charge in [0.15, 0.2) is 0 Å². The monoisotopic (exact) mass is 477 g/mol. The molecular formula is C27H31N3O3S. The van der Waals surface area contributed by atoms with Crippen LogP contribution in [-0.2, 0) is 16.6 Å². The van der Waals surface area contributed by atoms with Gasteiger partial charge in [-0.3, -0.25) is 9.10 Å². The van der Waals surface area contributed by atoms with Crippen LogP contribution in [0.3, 0.4) is 0 Å². The maximum Gasteiger partial charge on any atom is 0.253 e. The number of nitrogens with zero attached hydrogens (tertiary/aromatic N) is 3. The number of sulfonamides is 1. The minimum Gasteiger partial charge on any atom is -0.368 e. The van der Waals surface area contributed by atoms with E-state index in [9.17, 15) is 13.2 Å². The van der Waals surface area contributed by atoms with Crippen molar-refractivity contribution in [1.82, 2.24) is 4.90 Å². The summed E-state index contributed by atoms with van der Waals surface area (Å²) in [6.07, 6.45) is 1.23. The molecule has 0 radical (unpaired) electrons. The summed E-state index contributed by atoms with van der Waals surface area (Å²) in [6.45, 7) is 6.99. The van der Waals surface area contributed by atoms with Gasteiger partial charge in [0.2, 0.25) is 10.0 Å². The highest BCUT2D eigenvalue weighted by Crippen LogP contribution is 2.28. The molecule has 1 aliphatic rings. The van der Waals surface area contributed by atoms with Gasteiger partial charge in [-0.2, -0.15) is 0 Å². The van der Waals surface area contributed by atoms with Crippen LogP contribution in [0.25, 0.3) is 0 Å². The van der Waals surface area contributed by atoms with E-state index in [1.54, 1.807) is 12.1 Å². The quantitative estimate of drug-likeness (QED) is 0.533. The van der Waals surface area contributed by atoms with Crippen molar-refractivity contribution in [3.8, 4) is 0 Å². The summed E-state index contributed by atoms with van der Waals surface area (Å²) >= 11 is 0. The van der Waals surface area contributed by atoms with Gasteiger partial charge in [-0.1, -0.05) is 48.5 Å². The van der Waals surface area contributed by atoms with Crippen molar-refractivity contribution in [2.24, 2.45) is 0 Å². The molecule has 1 fully saturated rings. The van der Waals surface area contributed by atoms with Gasteiger partial charge in [-0.05, 0) is 54.8 Å². The van der Waals surface area contributed by atoms with Gasteiger partial charge in [0.1, 0.15) is 0 Å². The number of hydrogen-bond acceptors (Lipinski definition) is 4. The predicted molar refractivity (Wildman–Crippen MR) is 138 cm³/mol. The van der Waals surface area contributed by atoms with Crippen molar-refractivity contribution in [3.05, 3.63) is 95.1 Å². The van der Waals surface area contributed by atoms with Crippen molar-refractivity contribution in [1.29, 1.82) is 0 Å². The molecule has 1 amide bonds. The van der Waals surface area contributed by atoms with Crippen LogP contribution in [0.2, 0.25) is 0 Å². The van der Waals surface area contributed by atoms with Gasteiger partial charge in [0.25, 0.3) is 5.91 Å². The van der Waals surface area contributed by atoms with Gasteiger partial charge in [0.05, 0.1) is 18.5 Å². The molecule has 7 heteroatoms. The number of carbonyl (C=O) groups is 1. The maximum atomic E-state index is 13.0. The molecule has 34 heavy (non-hydrogen) atoms. The third-order valence-electron chi connectivity index (χ3n) is 6.30. The Hall–Kier alpha value is -3.32. The molecule has 3 aromatic carbocycles. The van der Waals surface area contributed by atoms with Crippen LogP contribution >= 0.6 is 0 Å². The maximum absolute atomic E-state index is 13.0. The summed E-state index contributed by atoms with van der Waals surface area (Å²) in [7, 11) is -3.48. The number of aryl methyl sites for hydroxylation is 2. The highest BCUT2D eigenvalue weighted by atomic mass is 32.2. The summed E-state index contributed by atoms with van der Waals surface area (Å²) < 4.78 is 26.7. The lowest BCUT2D eigenvalue weighted by molar-refractivity contribution is 0.0746. The minimum atomic E-state index is -3.48. The van der Waals surface area contributed by atoms with Crippen LogP contribution in [0.15, 0.2) is 72.8 Å². The van der Waals surface area contributed by atoms with Crippen LogP contribution < -0.4 is 9.21 Å². The molecule has 1 heterocycles. The number of para-hydroxylation sites is 2. The zero-order valence-electron chi connectivity index (χ0n) is 19.9. The molecule has 0 aliphatic carbocycles.